The smallest absolute Gasteiger partial charge is 0.394 e. The van der Waals surface area contributed by atoms with Crippen molar-refractivity contribution in [3.05, 3.63) is 97.4 Å². The van der Waals surface area contributed by atoms with Gasteiger partial charge in [0.25, 0.3) is 0 Å². The second-order valence-corrected chi connectivity index (χ2v) is 15.3. The topological polar surface area (TPSA) is 166 Å². The van der Waals surface area contributed by atoms with Gasteiger partial charge in [-0.05, 0) is 122 Å². The van der Waals surface area contributed by atoms with Crippen LogP contribution in [-0.2, 0) is 10.4 Å². The third-order valence-electron chi connectivity index (χ3n) is 11.6. The van der Waals surface area contributed by atoms with Gasteiger partial charge in [-0.1, -0.05) is 12.2 Å². The molecule has 6 aliphatic rings. The number of methoxy groups -OCH3 is 2. The van der Waals surface area contributed by atoms with E-state index in [2.05, 4.69) is 45.1 Å². The number of ether oxygens (including phenoxy) is 2. The molecule has 6 fully saturated rings. The van der Waals surface area contributed by atoms with Crippen LogP contribution < -0.4 is 9.47 Å². The zero-order valence-corrected chi connectivity index (χ0v) is 31.1. The van der Waals surface area contributed by atoms with Crippen molar-refractivity contribution in [2.24, 2.45) is 23.7 Å². The molecule has 10 atom stereocenters. The minimum absolute atomic E-state index is 0.178. The number of aromatic nitrogens is 2. The zero-order valence-electron chi connectivity index (χ0n) is 30.2. The Balaban J connectivity index is 0.000000161. The lowest BCUT2D eigenvalue weighted by Gasteiger charge is -2.50. The molecule has 10 rings (SSSR count). The third-order valence-corrected chi connectivity index (χ3v) is 11.6. The highest BCUT2D eigenvalue weighted by molar-refractivity contribution is 7.79. The van der Waals surface area contributed by atoms with Gasteiger partial charge in [0.05, 0.1) is 37.5 Å². The lowest BCUT2D eigenvalue weighted by molar-refractivity contribution is -0.0445. The molecule has 0 spiro atoms. The van der Waals surface area contributed by atoms with Gasteiger partial charge in [-0.3, -0.25) is 28.9 Å². The van der Waals surface area contributed by atoms with Crippen molar-refractivity contribution in [1.29, 1.82) is 0 Å². The van der Waals surface area contributed by atoms with E-state index >= 15 is 0 Å². The summed E-state index contributed by atoms with van der Waals surface area (Å²) in [4.78, 5) is 13.7. The lowest BCUT2D eigenvalue weighted by atomic mass is 9.73. The average molecular weight is 747 g/mol. The van der Waals surface area contributed by atoms with Crippen LogP contribution in [0.1, 0.15) is 49.0 Å². The fourth-order valence-electron chi connectivity index (χ4n) is 8.89. The predicted octanol–water partition coefficient (Wildman–Crippen LogP) is 5.69. The Kier molecular flexibility index (Phi) is 12.1. The monoisotopic (exact) mass is 746 g/mol. The number of piperidine rings is 6. The summed E-state index contributed by atoms with van der Waals surface area (Å²) in [5.74, 6) is 4.01. The number of benzene rings is 2. The van der Waals surface area contributed by atoms with Crippen molar-refractivity contribution in [1.82, 2.24) is 19.8 Å². The molecular weight excluding hydrogens is 697 g/mol. The van der Waals surface area contributed by atoms with Crippen LogP contribution in [0.5, 0.6) is 11.5 Å². The molecule has 53 heavy (non-hydrogen) atoms. The summed E-state index contributed by atoms with van der Waals surface area (Å²) >= 11 is 0. The Labute approximate surface area is 311 Å². The van der Waals surface area contributed by atoms with E-state index in [1.807, 2.05) is 48.5 Å². The first-order valence-corrected chi connectivity index (χ1v) is 19.5. The molecule has 4 aromatic rings. The summed E-state index contributed by atoms with van der Waals surface area (Å²) in [5.41, 5.74) is 3.69. The van der Waals surface area contributed by atoms with E-state index < -0.39 is 22.6 Å². The van der Waals surface area contributed by atoms with Crippen molar-refractivity contribution in [2.45, 2.75) is 50.0 Å². The summed E-state index contributed by atoms with van der Waals surface area (Å²) in [6, 6.07) is 15.9. The largest absolute Gasteiger partial charge is 0.497 e. The number of fused-ring (bicyclic) bond motifs is 8. The first kappa shape index (κ1) is 38.8. The van der Waals surface area contributed by atoms with Gasteiger partial charge in [0.15, 0.2) is 0 Å². The van der Waals surface area contributed by atoms with Crippen LogP contribution in [0.2, 0.25) is 0 Å². The van der Waals surface area contributed by atoms with Crippen LogP contribution in [0.15, 0.2) is 86.2 Å². The van der Waals surface area contributed by atoms with Gasteiger partial charge in [-0.25, -0.2) is 0 Å². The number of hydrogen-bond donors (Lipinski definition) is 4. The molecule has 0 amide bonds. The van der Waals surface area contributed by atoms with E-state index in [1.54, 1.807) is 26.6 Å². The number of aliphatic hydroxyl groups is 2. The summed E-state index contributed by atoms with van der Waals surface area (Å²) in [7, 11) is -1.34. The van der Waals surface area contributed by atoms with Crippen LogP contribution in [0.25, 0.3) is 21.8 Å². The molecule has 2 aromatic heterocycles. The number of pyridine rings is 2. The van der Waals surface area contributed by atoms with E-state index in [-0.39, 0.29) is 12.1 Å². The molecule has 0 saturated carbocycles. The summed E-state index contributed by atoms with van der Waals surface area (Å²) in [5, 5.41) is 24.3. The second-order valence-electron chi connectivity index (χ2n) is 14.4. The Morgan fingerprint density at radius 2 is 1.13 bits per heavy atom. The Morgan fingerprint density at radius 1 is 0.736 bits per heavy atom. The summed E-state index contributed by atoms with van der Waals surface area (Å²) < 4.78 is 42.3. The fraction of sp³-hybridized carbons (Fsp3) is 0.450. The normalized spacial score (nSPS) is 28.5. The van der Waals surface area contributed by atoms with Gasteiger partial charge in [-0.15, -0.1) is 13.2 Å². The molecule has 284 valence electrons. The van der Waals surface area contributed by atoms with Gasteiger partial charge in [0.1, 0.15) is 11.5 Å². The molecule has 0 radical (unpaired) electrons. The number of hydrogen-bond acceptors (Lipinski definition) is 10. The Morgan fingerprint density at radius 3 is 1.45 bits per heavy atom. The number of nitrogens with zero attached hydrogens (tertiary/aromatic N) is 4. The van der Waals surface area contributed by atoms with Crippen LogP contribution in [0.4, 0.5) is 0 Å². The highest BCUT2D eigenvalue weighted by atomic mass is 32.3. The predicted molar refractivity (Wildman–Crippen MR) is 204 cm³/mol. The van der Waals surface area contributed by atoms with Gasteiger partial charge in [0, 0.05) is 48.3 Å². The van der Waals surface area contributed by atoms with E-state index in [4.69, 9.17) is 27.0 Å². The first-order chi connectivity index (χ1) is 25.4. The minimum atomic E-state index is -4.67. The summed E-state index contributed by atoms with van der Waals surface area (Å²) in [6.07, 6.45) is 11.2. The lowest BCUT2D eigenvalue weighted by Crippen LogP contribution is -2.54. The molecule has 4 bridgehead atoms. The van der Waals surface area contributed by atoms with E-state index in [1.165, 1.54) is 12.8 Å². The van der Waals surface area contributed by atoms with Crippen LogP contribution >= 0.6 is 0 Å². The maximum atomic E-state index is 11.2. The van der Waals surface area contributed by atoms with Crippen LogP contribution in [0, 0.1) is 23.7 Å². The van der Waals surface area contributed by atoms with Gasteiger partial charge < -0.3 is 19.7 Å². The van der Waals surface area contributed by atoms with Crippen molar-refractivity contribution in [2.75, 3.05) is 40.4 Å². The molecule has 0 aliphatic carbocycles. The van der Waals surface area contributed by atoms with E-state index in [0.29, 0.717) is 23.7 Å². The highest BCUT2D eigenvalue weighted by Crippen LogP contribution is 2.43. The minimum Gasteiger partial charge on any atom is -0.497 e. The maximum Gasteiger partial charge on any atom is 0.394 e. The van der Waals surface area contributed by atoms with E-state index in [0.717, 1.165) is 83.5 Å². The number of rotatable bonds is 8. The van der Waals surface area contributed by atoms with Crippen molar-refractivity contribution in [3.63, 3.8) is 0 Å². The molecule has 2 aromatic carbocycles. The van der Waals surface area contributed by atoms with Gasteiger partial charge in [0.2, 0.25) is 0 Å². The first-order valence-electron chi connectivity index (χ1n) is 18.1. The third kappa shape index (κ3) is 8.73. The molecule has 4 N–H and O–H groups in total. The SMILES string of the molecule is C=CC1CN2CCC1CC2[C@@H](O)c1ccnc2ccc(OC)cc12.C=CC1CN2CCC1CC2[C@@H](O)c1ccnc2ccc(OC)cc12.O=S(=O)(O)O. The van der Waals surface area contributed by atoms with E-state index in [9.17, 15) is 10.2 Å². The molecule has 8 unspecified atom stereocenters. The molecular formula is C40H50N4O8S. The second kappa shape index (κ2) is 16.6. The van der Waals surface area contributed by atoms with Crippen LogP contribution in [-0.4, -0.2) is 100.0 Å². The van der Waals surface area contributed by atoms with Crippen molar-refractivity contribution in [3.8, 4) is 11.5 Å². The van der Waals surface area contributed by atoms with Crippen molar-refractivity contribution < 1.29 is 37.2 Å². The zero-order chi connectivity index (χ0) is 37.9. The average Bonchev–Trinajstić information content (AvgIpc) is 3.19. The molecule has 6 saturated heterocycles. The van der Waals surface area contributed by atoms with Crippen LogP contribution in [0.3, 0.4) is 0 Å². The van der Waals surface area contributed by atoms with Crippen molar-refractivity contribution >= 4 is 32.2 Å². The number of aliphatic hydroxyl groups excluding tert-OH is 2. The standard InChI is InChI=1S/2C20H24N2O2.H2O4S/c2*1-3-13-12-22-9-7-14(13)10-19(22)20(23)16-6-8-21-18-5-4-15(24-2)11-17(16)18;1-5(2,3)4/h2*3-6,8,11,13-14,19-20,23H,1,7,9-10,12H2,2H3;(H2,1,2,3,4)/t2*13?,14?,19?,20-;/m00./s1. The Bertz CT molecular complexity index is 1890. The molecule has 8 heterocycles. The Hall–Kier alpha value is -3.95. The highest BCUT2D eigenvalue weighted by Gasteiger charge is 2.43. The molecule has 6 aliphatic heterocycles. The molecule has 12 nitrogen and oxygen atoms in total. The molecule has 13 heteroatoms. The van der Waals surface area contributed by atoms with Gasteiger partial charge >= 0.3 is 10.4 Å². The fourth-order valence-corrected chi connectivity index (χ4v) is 8.89. The quantitative estimate of drug-likeness (QED) is 0.129. The summed E-state index contributed by atoms with van der Waals surface area (Å²) in [6.45, 7) is 12.1. The maximum absolute atomic E-state index is 11.2. The van der Waals surface area contributed by atoms with Gasteiger partial charge in [-0.2, -0.15) is 8.42 Å².